The summed E-state index contributed by atoms with van der Waals surface area (Å²) < 4.78 is 40.7. The smallest absolute Gasteiger partial charge is 0.456 e. The minimum absolute atomic E-state index is 0.0107. The van der Waals surface area contributed by atoms with Crippen LogP contribution in [0.25, 0.3) is 0 Å². The van der Waals surface area contributed by atoms with E-state index in [4.69, 9.17) is 0 Å². The topological polar surface area (TPSA) is 109 Å². The number of halogens is 3. The van der Waals surface area contributed by atoms with Gasteiger partial charge in [0.05, 0.1) is 5.69 Å². The minimum atomic E-state index is -5.05. The van der Waals surface area contributed by atoms with Crippen molar-refractivity contribution in [3.63, 3.8) is 0 Å². The van der Waals surface area contributed by atoms with Crippen molar-refractivity contribution in [1.82, 2.24) is 9.88 Å². The highest BCUT2D eigenvalue weighted by Crippen LogP contribution is 2.29. The van der Waals surface area contributed by atoms with Crippen molar-refractivity contribution in [3.05, 3.63) is 23.5 Å². The fraction of sp³-hybridized carbons (Fsp3) is 0.696. The summed E-state index contributed by atoms with van der Waals surface area (Å²) in [6.45, 7) is 3.78. The lowest BCUT2D eigenvalue weighted by atomic mass is 9.87. The van der Waals surface area contributed by atoms with Gasteiger partial charge < -0.3 is 14.8 Å². The van der Waals surface area contributed by atoms with Crippen molar-refractivity contribution >= 4 is 17.7 Å². The Bertz CT molecular complexity index is 829. The number of carboxylic acid groups (broad SMARTS) is 2. The molecular weight excluding hydrogens is 441 g/mol. The van der Waals surface area contributed by atoms with Gasteiger partial charge in [0, 0.05) is 18.7 Å². The first-order valence-electron chi connectivity index (χ1n) is 11.4. The summed E-state index contributed by atoms with van der Waals surface area (Å²) in [5.41, 5.74) is -0.263. The molecule has 1 aromatic rings. The van der Waals surface area contributed by atoms with E-state index < -0.39 is 41.7 Å². The third-order valence-electron chi connectivity index (χ3n) is 6.17. The maximum absolute atomic E-state index is 13.2. The van der Waals surface area contributed by atoms with Gasteiger partial charge in [-0.25, -0.2) is 0 Å². The van der Waals surface area contributed by atoms with Gasteiger partial charge in [0.2, 0.25) is 0 Å². The predicted molar refractivity (Wildman–Crippen MR) is 115 cm³/mol. The van der Waals surface area contributed by atoms with Crippen LogP contribution in [0, 0.1) is 11.8 Å². The molecule has 0 aliphatic heterocycles. The molecule has 0 spiro atoms. The Morgan fingerprint density at radius 3 is 2.18 bits per heavy atom. The molecule has 0 aromatic carbocycles. The van der Waals surface area contributed by atoms with Gasteiger partial charge in [0.15, 0.2) is 0 Å². The molecule has 1 aliphatic rings. The molecule has 3 N–H and O–H groups in total. The number of hydrogen-bond acceptors (Lipinski definition) is 4. The highest BCUT2D eigenvalue weighted by Gasteiger charge is 2.41. The average molecular weight is 475 g/mol. The first-order chi connectivity index (χ1) is 15.4. The summed E-state index contributed by atoms with van der Waals surface area (Å²) in [6, 6.07) is -0.0429. The molecule has 0 saturated heterocycles. The van der Waals surface area contributed by atoms with Gasteiger partial charge in [-0.15, -0.1) is 0 Å². The zero-order valence-electron chi connectivity index (χ0n) is 19.0. The number of carbonyl (C=O) groups excluding carboxylic acids is 1. The number of aromatic nitrogens is 1. The van der Waals surface area contributed by atoms with E-state index in [1.165, 1.54) is 10.6 Å². The summed E-state index contributed by atoms with van der Waals surface area (Å²) in [5.74, 6) is -4.15. The Balaban J connectivity index is 2.29. The second-order valence-corrected chi connectivity index (χ2v) is 9.26. The summed E-state index contributed by atoms with van der Waals surface area (Å²) in [6.07, 6.45) is 0.721. The second-order valence-electron chi connectivity index (χ2n) is 9.26. The molecule has 1 saturated carbocycles. The van der Waals surface area contributed by atoms with E-state index >= 15 is 0 Å². The number of carboxylic acids is 2. The van der Waals surface area contributed by atoms with Crippen LogP contribution in [0.15, 0.2) is 12.1 Å². The van der Waals surface area contributed by atoms with Gasteiger partial charge in [-0.2, -0.15) is 13.2 Å². The van der Waals surface area contributed by atoms with Crippen LogP contribution < -0.4 is 5.32 Å². The largest absolute Gasteiger partial charge is 0.480 e. The van der Waals surface area contributed by atoms with E-state index in [1.54, 1.807) is 13.8 Å². The quantitative estimate of drug-likeness (QED) is 0.390. The summed E-state index contributed by atoms with van der Waals surface area (Å²) in [4.78, 5) is 35.4. The van der Waals surface area contributed by atoms with Crippen LogP contribution in [-0.4, -0.2) is 50.8 Å². The molecule has 1 heterocycles. The molecule has 0 amide bonds. The predicted octanol–water partition coefficient (Wildman–Crippen LogP) is 4.29. The monoisotopic (exact) mass is 474 g/mol. The van der Waals surface area contributed by atoms with Crippen molar-refractivity contribution < 1.29 is 37.8 Å². The Kier molecular flexibility index (Phi) is 9.51. The van der Waals surface area contributed by atoms with Gasteiger partial charge in [0.1, 0.15) is 12.1 Å². The van der Waals surface area contributed by atoms with Gasteiger partial charge in [-0.3, -0.25) is 19.7 Å². The van der Waals surface area contributed by atoms with E-state index in [-0.39, 0.29) is 31.0 Å². The van der Waals surface area contributed by atoms with E-state index in [9.17, 15) is 37.8 Å². The second kappa shape index (κ2) is 11.7. The van der Waals surface area contributed by atoms with Crippen molar-refractivity contribution in [2.45, 2.75) is 90.0 Å². The van der Waals surface area contributed by atoms with Crippen LogP contribution in [0.3, 0.4) is 0 Å². The fourth-order valence-electron chi connectivity index (χ4n) is 4.46. The highest BCUT2D eigenvalue weighted by atomic mass is 19.4. The standard InChI is InChI=1S/C23H33F3N2O5/c1-14(2)12-17(21(30)31)27-18(22(32)33)13-16-8-9-19(20(29)23(24,25)26)28(16)11-10-15-6-4-3-5-7-15/h8-9,14-15,17-18,27H,3-7,10-13H2,1-2H3,(H,30,31)(H,32,33)/t17-,18-/m0/s1. The molecule has 1 aliphatic carbocycles. The van der Waals surface area contributed by atoms with Gasteiger partial charge in [0.25, 0.3) is 5.78 Å². The number of carbonyl (C=O) groups is 3. The molecule has 0 radical (unpaired) electrons. The molecule has 7 nitrogen and oxygen atoms in total. The molecule has 2 atom stereocenters. The number of Topliss-reactive ketones (excluding diaryl/α,β-unsaturated/α-hetero) is 1. The van der Waals surface area contributed by atoms with Gasteiger partial charge in [-0.1, -0.05) is 46.0 Å². The van der Waals surface area contributed by atoms with Crippen molar-refractivity contribution in [2.24, 2.45) is 11.8 Å². The molecule has 33 heavy (non-hydrogen) atoms. The molecule has 0 bridgehead atoms. The van der Waals surface area contributed by atoms with Crippen LogP contribution in [0.4, 0.5) is 13.2 Å². The normalized spacial score (nSPS) is 17.2. The van der Waals surface area contributed by atoms with Crippen LogP contribution in [0.5, 0.6) is 0 Å². The highest BCUT2D eigenvalue weighted by molar-refractivity contribution is 5.99. The third-order valence-corrected chi connectivity index (χ3v) is 6.17. The number of hydrogen-bond donors (Lipinski definition) is 3. The molecule has 10 heteroatoms. The lowest BCUT2D eigenvalue weighted by molar-refractivity contribution is -0.142. The van der Waals surface area contributed by atoms with Crippen LogP contribution >= 0.6 is 0 Å². The Morgan fingerprint density at radius 2 is 1.67 bits per heavy atom. The molecule has 1 fully saturated rings. The number of rotatable bonds is 12. The summed E-state index contributed by atoms with van der Waals surface area (Å²) in [5, 5.41) is 21.7. The maximum atomic E-state index is 13.2. The van der Waals surface area contributed by atoms with E-state index in [0.717, 1.165) is 38.2 Å². The molecule has 0 unspecified atom stereocenters. The lowest BCUT2D eigenvalue weighted by Gasteiger charge is -2.24. The first kappa shape index (κ1) is 26.9. The Morgan fingerprint density at radius 1 is 1.06 bits per heavy atom. The lowest BCUT2D eigenvalue weighted by Crippen LogP contribution is -2.49. The van der Waals surface area contributed by atoms with Crippen molar-refractivity contribution in [3.8, 4) is 0 Å². The number of ketones is 1. The van der Waals surface area contributed by atoms with E-state index in [1.807, 2.05) is 0 Å². The van der Waals surface area contributed by atoms with Gasteiger partial charge >= 0.3 is 18.1 Å². The summed E-state index contributed by atoms with van der Waals surface area (Å²) in [7, 11) is 0. The Labute approximate surface area is 191 Å². The third kappa shape index (κ3) is 7.87. The average Bonchev–Trinajstić information content (AvgIpc) is 3.12. The number of aliphatic carboxylic acids is 2. The summed E-state index contributed by atoms with van der Waals surface area (Å²) >= 11 is 0. The SMILES string of the molecule is CC(C)C[C@H](N[C@@H](Cc1ccc(C(=O)C(F)(F)F)n1CCC1CCCCC1)C(=O)O)C(=O)O. The molecule has 186 valence electrons. The Hall–Kier alpha value is -2.36. The maximum Gasteiger partial charge on any atom is 0.456 e. The van der Waals surface area contributed by atoms with E-state index in [2.05, 4.69) is 5.32 Å². The molecular formula is C23H33F3N2O5. The first-order valence-corrected chi connectivity index (χ1v) is 11.4. The van der Waals surface area contributed by atoms with Gasteiger partial charge in [-0.05, 0) is 36.8 Å². The van der Waals surface area contributed by atoms with Crippen LogP contribution in [0.1, 0.15) is 75.0 Å². The minimum Gasteiger partial charge on any atom is -0.480 e. The zero-order chi connectivity index (χ0) is 24.8. The van der Waals surface area contributed by atoms with Crippen LogP contribution in [-0.2, 0) is 22.6 Å². The van der Waals surface area contributed by atoms with Crippen molar-refractivity contribution in [2.75, 3.05) is 0 Å². The van der Waals surface area contributed by atoms with Crippen molar-refractivity contribution in [1.29, 1.82) is 0 Å². The number of nitrogens with zero attached hydrogens (tertiary/aromatic N) is 1. The fourth-order valence-corrected chi connectivity index (χ4v) is 4.46. The number of alkyl halides is 3. The molecule has 2 rings (SSSR count). The molecule has 1 aromatic heterocycles. The zero-order valence-corrected chi connectivity index (χ0v) is 19.0. The van der Waals surface area contributed by atoms with Crippen LogP contribution in [0.2, 0.25) is 0 Å². The van der Waals surface area contributed by atoms with E-state index in [0.29, 0.717) is 12.3 Å². The number of nitrogens with one attached hydrogen (secondary N) is 1.